The summed E-state index contributed by atoms with van der Waals surface area (Å²) in [7, 11) is 4.19. The zero-order chi connectivity index (χ0) is 14.6. The van der Waals surface area contributed by atoms with Gasteiger partial charge in [-0.25, -0.2) is 0 Å². The van der Waals surface area contributed by atoms with Gasteiger partial charge in [0.25, 0.3) is 0 Å². The number of nitrogens with one attached hydrogen (secondary N) is 1. The Hall–Kier alpha value is -1.06. The average Bonchev–Trinajstić information content (AvgIpc) is 2.41. The van der Waals surface area contributed by atoms with Crippen LogP contribution in [0.25, 0.3) is 0 Å². The molecule has 0 amide bonds. The predicted molar refractivity (Wildman–Crippen MR) is 85.1 cm³/mol. The summed E-state index contributed by atoms with van der Waals surface area (Å²) < 4.78 is 5.90. The fourth-order valence-corrected chi connectivity index (χ4v) is 2.81. The molecule has 2 atom stereocenters. The minimum Gasteiger partial charge on any atom is -0.382 e. The van der Waals surface area contributed by atoms with Crippen LogP contribution in [-0.2, 0) is 11.3 Å². The topological polar surface area (TPSA) is 24.5 Å². The molecule has 1 saturated heterocycles. The monoisotopic (exact) mass is 276 g/mol. The second-order valence-corrected chi connectivity index (χ2v) is 6.42. The lowest BCUT2D eigenvalue weighted by Crippen LogP contribution is -2.41. The molecular formula is C17H28N2O. The summed E-state index contributed by atoms with van der Waals surface area (Å²) in [5.74, 6) is 0. The van der Waals surface area contributed by atoms with Crippen molar-refractivity contribution in [2.24, 2.45) is 0 Å². The summed E-state index contributed by atoms with van der Waals surface area (Å²) in [6, 6.07) is 9.32. The molecule has 1 aromatic carbocycles. The molecule has 0 spiro atoms. The molecule has 112 valence electrons. The first kappa shape index (κ1) is 15.3. The molecule has 1 aliphatic rings. The summed E-state index contributed by atoms with van der Waals surface area (Å²) in [6.07, 6.45) is 3.25. The highest BCUT2D eigenvalue weighted by Gasteiger charge is 2.31. The molecule has 2 rings (SSSR count). The largest absolute Gasteiger partial charge is 0.382 e. The third kappa shape index (κ3) is 4.22. The van der Waals surface area contributed by atoms with Crippen LogP contribution in [0.3, 0.4) is 0 Å². The van der Waals surface area contributed by atoms with Gasteiger partial charge in [0.15, 0.2) is 0 Å². The quantitative estimate of drug-likeness (QED) is 0.890. The van der Waals surface area contributed by atoms with Crippen LogP contribution in [0.2, 0.25) is 0 Å². The van der Waals surface area contributed by atoms with Crippen LogP contribution in [0.5, 0.6) is 0 Å². The van der Waals surface area contributed by atoms with Gasteiger partial charge in [-0.3, -0.25) is 0 Å². The molecule has 1 aliphatic heterocycles. The summed E-state index contributed by atoms with van der Waals surface area (Å²) in [6.45, 7) is 6.28. The normalized spacial score (nSPS) is 26.8. The molecule has 1 aromatic rings. The highest BCUT2D eigenvalue weighted by Crippen LogP contribution is 2.29. The minimum absolute atomic E-state index is 0.0424. The van der Waals surface area contributed by atoms with Gasteiger partial charge in [-0.05, 0) is 58.0 Å². The number of anilines is 1. The fraction of sp³-hybridized carbons (Fsp3) is 0.647. The average molecular weight is 276 g/mol. The molecule has 3 nitrogen and oxygen atoms in total. The Morgan fingerprint density at radius 3 is 2.60 bits per heavy atom. The Morgan fingerprint density at radius 2 is 2.00 bits per heavy atom. The Morgan fingerprint density at radius 1 is 1.30 bits per heavy atom. The van der Waals surface area contributed by atoms with E-state index in [9.17, 15) is 0 Å². The first-order valence-electron chi connectivity index (χ1n) is 7.65. The van der Waals surface area contributed by atoms with E-state index in [-0.39, 0.29) is 5.60 Å². The number of rotatable bonds is 5. The molecule has 0 radical (unpaired) electrons. The first-order chi connectivity index (χ1) is 9.50. The number of hydrogen-bond acceptors (Lipinski definition) is 3. The second-order valence-electron chi connectivity index (χ2n) is 6.42. The van der Waals surface area contributed by atoms with Crippen molar-refractivity contribution >= 4 is 5.69 Å². The van der Waals surface area contributed by atoms with E-state index in [4.69, 9.17) is 4.74 Å². The fourth-order valence-electron chi connectivity index (χ4n) is 2.81. The lowest BCUT2D eigenvalue weighted by molar-refractivity contribution is -0.0708. The molecule has 0 bridgehead atoms. The van der Waals surface area contributed by atoms with Crippen LogP contribution in [-0.4, -0.2) is 37.2 Å². The summed E-state index contributed by atoms with van der Waals surface area (Å²) in [5, 5.41) is 3.66. The second kappa shape index (κ2) is 6.59. The lowest BCUT2D eigenvalue weighted by atomic mass is 9.90. The molecule has 1 N–H and O–H groups in total. The number of benzene rings is 1. The van der Waals surface area contributed by atoms with Gasteiger partial charge in [-0.1, -0.05) is 19.1 Å². The molecule has 1 fully saturated rings. The molecule has 0 saturated carbocycles. The predicted octanol–water partition coefficient (Wildman–Crippen LogP) is 3.51. The van der Waals surface area contributed by atoms with Gasteiger partial charge < -0.3 is 15.0 Å². The van der Waals surface area contributed by atoms with Crippen molar-refractivity contribution in [1.82, 2.24) is 4.90 Å². The third-order valence-corrected chi connectivity index (χ3v) is 4.17. The molecule has 1 heterocycles. The van der Waals surface area contributed by atoms with Crippen molar-refractivity contribution < 1.29 is 4.74 Å². The van der Waals surface area contributed by atoms with E-state index in [1.165, 1.54) is 11.3 Å². The SMILES string of the molecule is CCC1(C)CC(Nc2ccc(CN(C)C)cc2)CCO1. The molecule has 3 heteroatoms. The van der Waals surface area contributed by atoms with Gasteiger partial charge in [0, 0.05) is 24.9 Å². The van der Waals surface area contributed by atoms with Crippen molar-refractivity contribution in [2.75, 3.05) is 26.0 Å². The van der Waals surface area contributed by atoms with E-state index in [1.54, 1.807) is 0 Å². The van der Waals surface area contributed by atoms with Crippen LogP contribution < -0.4 is 5.32 Å². The number of nitrogens with zero attached hydrogens (tertiary/aromatic N) is 1. The Balaban J connectivity index is 1.93. The minimum atomic E-state index is 0.0424. The zero-order valence-electron chi connectivity index (χ0n) is 13.3. The van der Waals surface area contributed by atoms with Gasteiger partial charge in [0.1, 0.15) is 0 Å². The first-order valence-corrected chi connectivity index (χ1v) is 7.65. The van der Waals surface area contributed by atoms with Crippen LogP contribution in [0.1, 0.15) is 38.7 Å². The maximum absolute atomic E-state index is 5.90. The van der Waals surface area contributed by atoms with Gasteiger partial charge in [0.05, 0.1) is 5.60 Å². The van der Waals surface area contributed by atoms with Crippen LogP contribution in [0.15, 0.2) is 24.3 Å². The Kier molecular flexibility index (Phi) is 5.06. The summed E-state index contributed by atoms with van der Waals surface area (Å²) >= 11 is 0. The third-order valence-electron chi connectivity index (χ3n) is 4.17. The van der Waals surface area contributed by atoms with Gasteiger partial charge in [-0.15, -0.1) is 0 Å². The smallest absolute Gasteiger partial charge is 0.0671 e. The van der Waals surface area contributed by atoms with Crippen molar-refractivity contribution in [3.63, 3.8) is 0 Å². The maximum atomic E-state index is 5.90. The van der Waals surface area contributed by atoms with E-state index >= 15 is 0 Å². The van der Waals surface area contributed by atoms with Gasteiger partial charge in [0.2, 0.25) is 0 Å². The Labute approximate surface area is 123 Å². The van der Waals surface area contributed by atoms with Gasteiger partial charge >= 0.3 is 0 Å². The number of ether oxygens (including phenoxy) is 1. The van der Waals surface area contributed by atoms with Gasteiger partial charge in [-0.2, -0.15) is 0 Å². The molecule has 0 aliphatic carbocycles. The molecule has 20 heavy (non-hydrogen) atoms. The van der Waals surface area contributed by atoms with Crippen LogP contribution in [0.4, 0.5) is 5.69 Å². The van der Waals surface area contributed by atoms with E-state index in [0.717, 1.165) is 32.4 Å². The van der Waals surface area contributed by atoms with E-state index in [1.807, 2.05) is 0 Å². The van der Waals surface area contributed by atoms with Crippen molar-refractivity contribution in [3.8, 4) is 0 Å². The molecule has 2 unspecified atom stereocenters. The Bertz CT molecular complexity index is 416. The standard InChI is InChI=1S/C17H28N2O/c1-5-17(2)12-16(10-11-20-17)18-15-8-6-14(7-9-15)13-19(3)4/h6-9,16,18H,5,10-13H2,1-4H3. The highest BCUT2D eigenvalue weighted by molar-refractivity contribution is 5.45. The van der Waals surface area contributed by atoms with E-state index in [0.29, 0.717) is 6.04 Å². The van der Waals surface area contributed by atoms with Crippen molar-refractivity contribution in [1.29, 1.82) is 0 Å². The summed E-state index contributed by atoms with van der Waals surface area (Å²) in [4.78, 5) is 2.19. The lowest BCUT2D eigenvalue weighted by Gasteiger charge is -2.38. The van der Waals surface area contributed by atoms with Crippen LogP contribution in [0, 0.1) is 0 Å². The molecule has 0 aromatic heterocycles. The highest BCUT2D eigenvalue weighted by atomic mass is 16.5. The van der Waals surface area contributed by atoms with Crippen LogP contribution >= 0.6 is 0 Å². The van der Waals surface area contributed by atoms with E-state index < -0.39 is 0 Å². The maximum Gasteiger partial charge on any atom is 0.0671 e. The van der Waals surface area contributed by atoms with Crippen molar-refractivity contribution in [2.45, 2.75) is 51.3 Å². The van der Waals surface area contributed by atoms with Crippen molar-refractivity contribution in [3.05, 3.63) is 29.8 Å². The zero-order valence-corrected chi connectivity index (χ0v) is 13.3. The van der Waals surface area contributed by atoms with E-state index in [2.05, 4.69) is 62.4 Å². The number of hydrogen-bond donors (Lipinski definition) is 1. The summed E-state index contributed by atoms with van der Waals surface area (Å²) in [5.41, 5.74) is 2.62. The molecular weight excluding hydrogens is 248 g/mol.